The number of hydrogen-bond donors (Lipinski definition) is 2. The summed E-state index contributed by atoms with van der Waals surface area (Å²) in [5.41, 5.74) is 5.16. The van der Waals surface area contributed by atoms with Gasteiger partial charge in [0.2, 0.25) is 5.95 Å². The predicted molar refractivity (Wildman–Crippen MR) is 90.6 cm³/mol. The van der Waals surface area contributed by atoms with E-state index in [1.165, 1.54) is 0 Å². The highest BCUT2D eigenvalue weighted by Gasteiger charge is 2.23. The van der Waals surface area contributed by atoms with Crippen molar-refractivity contribution in [1.82, 2.24) is 15.3 Å². The number of hydrogen-bond acceptors (Lipinski definition) is 6. The zero-order valence-electron chi connectivity index (χ0n) is 13.8. The van der Waals surface area contributed by atoms with Gasteiger partial charge in [-0.3, -0.25) is 0 Å². The Morgan fingerprint density at radius 1 is 1.52 bits per heavy atom. The van der Waals surface area contributed by atoms with E-state index < -0.39 is 5.60 Å². The van der Waals surface area contributed by atoms with E-state index in [1.807, 2.05) is 20.8 Å². The van der Waals surface area contributed by atoms with Crippen LogP contribution in [0.4, 0.5) is 16.6 Å². The molecule has 0 spiro atoms. The molecule has 7 nitrogen and oxygen atoms in total. The second-order valence-electron chi connectivity index (χ2n) is 6.74. The molecule has 8 heteroatoms. The van der Waals surface area contributed by atoms with Gasteiger partial charge in [0.25, 0.3) is 0 Å². The summed E-state index contributed by atoms with van der Waals surface area (Å²) in [4.78, 5) is 22.0. The van der Waals surface area contributed by atoms with Crippen LogP contribution in [0.1, 0.15) is 33.6 Å². The van der Waals surface area contributed by atoms with E-state index in [1.54, 1.807) is 6.07 Å². The third-order valence-electron chi connectivity index (χ3n) is 3.48. The summed E-state index contributed by atoms with van der Waals surface area (Å²) in [6, 6.07) is 1.71. The van der Waals surface area contributed by atoms with Gasteiger partial charge in [-0.15, -0.1) is 0 Å². The fraction of sp³-hybridized carbons (Fsp3) is 0.667. The molecule has 0 aliphatic carbocycles. The highest BCUT2D eigenvalue weighted by Crippen LogP contribution is 2.23. The lowest BCUT2D eigenvalue weighted by Gasteiger charge is -2.33. The van der Waals surface area contributed by atoms with Gasteiger partial charge in [-0.25, -0.2) is 9.78 Å². The van der Waals surface area contributed by atoms with Gasteiger partial charge in [0, 0.05) is 25.7 Å². The molecule has 2 heterocycles. The standard InChI is InChI=1S/C15H24ClN5O2/c1-15(2,3)23-14(22)18-8-10-5-4-6-21(9-10)12-7-11(16)19-13(17)20-12/h7,10H,4-6,8-9H2,1-3H3,(H,18,22)(H2,17,19,20). The molecule has 1 amide bonds. The number of anilines is 2. The number of nitrogens with zero attached hydrogens (tertiary/aromatic N) is 3. The fourth-order valence-electron chi connectivity index (χ4n) is 2.57. The minimum Gasteiger partial charge on any atom is -0.444 e. The monoisotopic (exact) mass is 341 g/mol. The van der Waals surface area contributed by atoms with Crippen molar-refractivity contribution in [3.8, 4) is 0 Å². The van der Waals surface area contributed by atoms with E-state index in [9.17, 15) is 4.79 Å². The van der Waals surface area contributed by atoms with Crippen molar-refractivity contribution in [3.63, 3.8) is 0 Å². The molecule has 1 saturated heterocycles. The summed E-state index contributed by atoms with van der Waals surface area (Å²) < 4.78 is 5.25. The number of amides is 1. The Hall–Kier alpha value is -1.76. The first-order valence-electron chi connectivity index (χ1n) is 7.75. The fourth-order valence-corrected chi connectivity index (χ4v) is 2.75. The summed E-state index contributed by atoms with van der Waals surface area (Å²) in [6.45, 7) is 7.77. The van der Waals surface area contributed by atoms with Gasteiger partial charge in [0.15, 0.2) is 0 Å². The SMILES string of the molecule is CC(C)(C)OC(=O)NCC1CCCN(c2cc(Cl)nc(N)n2)C1. The van der Waals surface area contributed by atoms with Gasteiger partial charge in [-0.2, -0.15) is 4.98 Å². The van der Waals surface area contributed by atoms with Crippen molar-refractivity contribution < 1.29 is 9.53 Å². The minimum absolute atomic E-state index is 0.168. The molecule has 1 aliphatic heterocycles. The maximum Gasteiger partial charge on any atom is 0.407 e. The number of carbonyl (C=O) groups is 1. The van der Waals surface area contributed by atoms with Crippen LogP contribution < -0.4 is 16.0 Å². The van der Waals surface area contributed by atoms with Crippen molar-refractivity contribution >= 4 is 29.5 Å². The highest BCUT2D eigenvalue weighted by atomic mass is 35.5. The van der Waals surface area contributed by atoms with Crippen LogP contribution in [0.5, 0.6) is 0 Å². The van der Waals surface area contributed by atoms with Gasteiger partial charge >= 0.3 is 6.09 Å². The zero-order valence-corrected chi connectivity index (χ0v) is 14.6. The van der Waals surface area contributed by atoms with E-state index >= 15 is 0 Å². The number of alkyl carbamates (subject to hydrolysis) is 1. The molecule has 0 saturated carbocycles. The first-order valence-corrected chi connectivity index (χ1v) is 8.12. The molecule has 1 unspecified atom stereocenters. The van der Waals surface area contributed by atoms with Gasteiger partial charge in [-0.05, 0) is 39.5 Å². The van der Waals surface area contributed by atoms with Crippen molar-refractivity contribution in [1.29, 1.82) is 0 Å². The van der Waals surface area contributed by atoms with E-state index in [0.29, 0.717) is 17.6 Å². The first kappa shape index (κ1) is 17.6. The predicted octanol–water partition coefficient (Wildman–Crippen LogP) is 2.45. The van der Waals surface area contributed by atoms with Crippen molar-refractivity contribution in [2.24, 2.45) is 5.92 Å². The Morgan fingerprint density at radius 2 is 2.26 bits per heavy atom. The number of halogens is 1. The summed E-state index contributed by atoms with van der Waals surface area (Å²) in [6.07, 6.45) is 1.67. The van der Waals surface area contributed by atoms with Crippen LogP contribution >= 0.6 is 11.6 Å². The third-order valence-corrected chi connectivity index (χ3v) is 3.67. The summed E-state index contributed by atoms with van der Waals surface area (Å²) in [7, 11) is 0. The van der Waals surface area contributed by atoms with Crippen molar-refractivity contribution in [3.05, 3.63) is 11.2 Å². The molecule has 0 aromatic carbocycles. The van der Waals surface area contributed by atoms with E-state index in [2.05, 4.69) is 20.2 Å². The molecule has 1 aliphatic rings. The van der Waals surface area contributed by atoms with Crippen LogP contribution in [0.25, 0.3) is 0 Å². The number of nitrogens with one attached hydrogen (secondary N) is 1. The number of aromatic nitrogens is 2. The average molecular weight is 342 g/mol. The van der Waals surface area contributed by atoms with Gasteiger partial charge in [0.1, 0.15) is 16.6 Å². The lowest BCUT2D eigenvalue weighted by Crippen LogP contribution is -2.42. The van der Waals surface area contributed by atoms with Crippen LogP contribution in [0.3, 0.4) is 0 Å². The molecule has 23 heavy (non-hydrogen) atoms. The summed E-state index contributed by atoms with van der Waals surface area (Å²) >= 11 is 5.94. The zero-order chi connectivity index (χ0) is 17.0. The molecule has 1 aromatic heterocycles. The number of nitrogen functional groups attached to an aromatic ring is 1. The lowest BCUT2D eigenvalue weighted by molar-refractivity contribution is 0.0517. The molecule has 3 N–H and O–H groups in total. The second kappa shape index (κ2) is 7.21. The quantitative estimate of drug-likeness (QED) is 0.820. The smallest absolute Gasteiger partial charge is 0.407 e. The maximum atomic E-state index is 11.7. The van der Waals surface area contributed by atoms with E-state index in [-0.39, 0.29) is 12.0 Å². The normalized spacial score (nSPS) is 18.6. The Morgan fingerprint density at radius 3 is 2.91 bits per heavy atom. The van der Waals surface area contributed by atoms with Gasteiger partial charge in [-0.1, -0.05) is 11.6 Å². The van der Waals surface area contributed by atoms with Crippen LogP contribution in [0, 0.1) is 5.92 Å². The Labute approximate surface area is 141 Å². The van der Waals surface area contributed by atoms with E-state index in [4.69, 9.17) is 22.1 Å². The van der Waals surface area contributed by atoms with Crippen LogP contribution in [-0.2, 0) is 4.74 Å². The third kappa shape index (κ3) is 5.74. The number of piperidine rings is 1. The van der Waals surface area contributed by atoms with Crippen LogP contribution in [0.2, 0.25) is 5.15 Å². The molecule has 2 rings (SSSR count). The lowest BCUT2D eigenvalue weighted by atomic mass is 9.98. The molecule has 0 radical (unpaired) electrons. The first-order chi connectivity index (χ1) is 10.7. The average Bonchev–Trinajstić information content (AvgIpc) is 2.43. The number of rotatable bonds is 3. The second-order valence-corrected chi connectivity index (χ2v) is 7.13. The Kier molecular flexibility index (Phi) is 5.51. The molecule has 1 atom stereocenters. The molecule has 0 bridgehead atoms. The maximum absolute atomic E-state index is 11.7. The topological polar surface area (TPSA) is 93.4 Å². The number of nitrogens with two attached hydrogens (primary N) is 1. The molecular weight excluding hydrogens is 318 g/mol. The Balaban J connectivity index is 1.89. The summed E-state index contributed by atoms with van der Waals surface area (Å²) in [5, 5.41) is 3.17. The van der Waals surface area contributed by atoms with Crippen LogP contribution in [-0.4, -0.2) is 41.3 Å². The van der Waals surface area contributed by atoms with Gasteiger partial charge in [0.05, 0.1) is 0 Å². The molecule has 1 aromatic rings. The molecular formula is C15H24ClN5O2. The van der Waals surface area contributed by atoms with E-state index in [0.717, 1.165) is 31.7 Å². The van der Waals surface area contributed by atoms with Crippen molar-refractivity contribution in [2.45, 2.75) is 39.2 Å². The molecule has 1 fully saturated rings. The van der Waals surface area contributed by atoms with Gasteiger partial charge < -0.3 is 20.7 Å². The Bertz CT molecular complexity index is 541. The molecule has 128 valence electrons. The van der Waals surface area contributed by atoms with Crippen molar-refractivity contribution in [2.75, 3.05) is 30.3 Å². The van der Waals surface area contributed by atoms with Crippen LogP contribution in [0.15, 0.2) is 6.07 Å². The highest BCUT2D eigenvalue weighted by molar-refractivity contribution is 6.29. The number of ether oxygens (including phenoxy) is 1. The summed E-state index contributed by atoms with van der Waals surface area (Å²) in [5.74, 6) is 1.22. The minimum atomic E-state index is -0.488. The largest absolute Gasteiger partial charge is 0.444 e. The number of carbonyl (C=O) groups excluding carboxylic acids is 1.